The van der Waals surface area contributed by atoms with E-state index < -0.39 is 34.1 Å². The summed E-state index contributed by atoms with van der Waals surface area (Å²) in [6, 6.07) is 4.26. The maximum absolute atomic E-state index is 11.6. The largest absolute Gasteiger partial charge is 0.481 e. The lowest BCUT2D eigenvalue weighted by molar-refractivity contribution is -0.136. The number of sulfonamides is 1. The molecule has 0 aliphatic rings. The van der Waals surface area contributed by atoms with Crippen molar-refractivity contribution >= 4 is 27.6 Å². The first-order valence-corrected chi connectivity index (χ1v) is 6.99. The molecule has 1 amide bonds. The molecular weight excluding hydrogens is 272 g/mol. The standard InChI is InChI=1S/C11H14N2O5S/c1-7-6-8(11(12)16)2-3-9(7)13-19(17,18)5-4-10(14)15/h2-3,6,13H,4-5H2,1H3,(H2,12,16)(H,14,15). The number of aliphatic carboxylic acids is 1. The third-order valence-corrected chi connectivity index (χ3v) is 3.63. The van der Waals surface area contributed by atoms with Crippen molar-refractivity contribution in [3.63, 3.8) is 0 Å². The summed E-state index contributed by atoms with van der Waals surface area (Å²) in [6.07, 6.45) is -0.478. The minimum atomic E-state index is -3.73. The highest BCUT2D eigenvalue weighted by Crippen LogP contribution is 2.18. The lowest BCUT2D eigenvalue weighted by atomic mass is 10.1. The average molecular weight is 286 g/mol. The predicted octanol–water partition coefficient (Wildman–Crippen LogP) is 0.310. The van der Waals surface area contributed by atoms with Crippen LogP contribution < -0.4 is 10.5 Å². The molecule has 0 spiro atoms. The summed E-state index contributed by atoms with van der Waals surface area (Å²) < 4.78 is 25.5. The van der Waals surface area contributed by atoms with Gasteiger partial charge in [0.1, 0.15) is 0 Å². The van der Waals surface area contributed by atoms with Crippen LogP contribution in [0.1, 0.15) is 22.3 Å². The number of hydrogen-bond acceptors (Lipinski definition) is 4. The second-order valence-corrected chi connectivity index (χ2v) is 5.80. The summed E-state index contributed by atoms with van der Waals surface area (Å²) in [5.74, 6) is -2.31. The van der Waals surface area contributed by atoms with Gasteiger partial charge in [-0.1, -0.05) is 0 Å². The monoisotopic (exact) mass is 286 g/mol. The molecule has 0 aliphatic heterocycles. The maximum Gasteiger partial charge on any atom is 0.304 e. The summed E-state index contributed by atoms with van der Waals surface area (Å²) in [4.78, 5) is 21.3. The fraction of sp³-hybridized carbons (Fsp3) is 0.273. The number of carboxylic acid groups (broad SMARTS) is 1. The topological polar surface area (TPSA) is 127 Å². The fourth-order valence-electron chi connectivity index (χ4n) is 1.37. The van der Waals surface area contributed by atoms with Gasteiger partial charge in [0.25, 0.3) is 0 Å². The molecule has 4 N–H and O–H groups in total. The van der Waals surface area contributed by atoms with E-state index in [0.717, 1.165) is 0 Å². The van der Waals surface area contributed by atoms with Crippen molar-refractivity contribution in [1.29, 1.82) is 0 Å². The summed E-state index contributed by atoms with van der Waals surface area (Å²) in [5, 5.41) is 8.45. The van der Waals surface area contributed by atoms with Crippen LogP contribution in [0, 0.1) is 6.92 Å². The molecule has 0 aliphatic carbocycles. The zero-order valence-electron chi connectivity index (χ0n) is 10.2. The second kappa shape index (κ2) is 5.70. The van der Waals surface area contributed by atoms with Crippen LogP contribution >= 0.6 is 0 Å². The summed E-state index contributed by atoms with van der Waals surface area (Å²) >= 11 is 0. The van der Waals surface area contributed by atoms with Crippen LogP contribution in [-0.2, 0) is 14.8 Å². The number of carboxylic acids is 1. The normalized spacial score (nSPS) is 11.0. The predicted molar refractivity (Wildman–Crippen MR) is 69.4 cm³/mol. The van der Waals surface area contributed by atoms with Gasteiger partial charge in [-0.3, -0.25) is 14.3 Å². The molecule has 1 aromatic carbocycles. The SMILES string of the molecule is Cc1cc(C(N)=O)ccc1NS(=O)(=O)CCC(=O)O. The fourth-order valence-corrected chi connectivity index (χ4v) is 2.48. The van der Waals surface area contributed by atoms with Crippen molar-refractivity contribution in [3.05, 3.63) is 29.3 Å². The van der Waals surface area contributed by atoms with Crippen molar-refractivity contribution < 1.29 is 23.1 Å². The lowest BCUT2D eigenvalue weighted by Crippen LogP contribution is -2.19. The van der Waals surface area contributed by atoms with Crippen LogP contribution in [-0.4, -0.2) is 31.2 Å². The van der Waals surface area contributed by atoms with Gasteiger partial charge < -0.3 is 10.8 Å². The molecule has 0 heterocycles. The van der Waals surface area contributed by atoms with E-state index in [1.54, 1.807) is 6.92 Å². The van der Waals surface area contributed by atoms with E-state index in [4.69, 9.17) is 10.8 Å². The zero-order valence-corrected chi connectivity index (χ0v) is 11.0. The molecule has 1 rings (SSSR count). The van der Waals surface area contributed by atoms with Gasteiger partial charge in [0.2, 0.25) is 15.9 Å². The van der Waals surface area contributed by atoms with E-state index in [2.05, 4.69) is 4.72 Å². The number of nitrogens with two attached hydrogens (primary N) is 1. The Hall–Kier alpha value is -2.09. The Bertz CT molecular complexity index is 610. The average Bonchev–Trinajstić information content (AvgIpc) is 2.29. The van der Waals surface area contributed by atoms with Crippen molar-refractivity contribution in [2.75, 3.05) is 10.5 Å². The second-order valence-electron chi connectivity index (χ2n) is 3.96. The van der Waals surface area contributed by atoms with E-state index >= 15 is 0 Å². The van der Waals surface area contributed by atoms with Crippen molar-refractivity contribution in [2.24, 2.45) is 5.73 Å². The molecule has 0 unspecified atom stereocenters. The molecule has 7 nitrogen and oxygen atoms in total. The molecule has 0 saturated carbocycles. The Balaban J connectivity index is 2.88. The molecule has 0 bridgehead atoms. The first-order chi connectivity index (χ1) is 8.71. The highest BCUT2D eigenvalue weighted by Gasteiger charge is 2.14. The van der Waals surface area contributed by atoms with Gasteiger partial charge in [-0.25, -0.2) is 8.42 Å². The van der Waals surface area contributed by atoms with Crippen LogP contribution in [0.25, 0.3) is 0 Å². The Morgan fingerprint density at radius 1 is 1.37 bits per heavy atom. The molecule has 104 valence electrons. The van der Waals surface area contributed by atoms with Gasteiger partial charge in [-0.2, -0.15) is 0 Å². The van der Waals surface area contributed by atoms with Crippen molar-refractivity contribution in [1.82, 2.24) is 0 Å². The third-order valence-electron chi connectivity index (χ3n) is 2.36. The Kier molecular flexibility index (Phi) is 4.49. The number of amides is 1. The van der Waals surface area contributed by atoms with Crippen LogP contribution in [0.2, 0.25) is 0 Å². The number of nitrogens with one attached hydrogen (secondary N) is 1. The number of primary amides is 1. The smallest absolute Gasteiger partial charge is 0.304 e. The molecule has 19 heavy (non-hydrogen) atoms. The van der Waals surface area contributed by atoms with E-state index in [1.165, 1.54) is 18.2 Å². The molecule has 0 radical (unpaired) electrons. The van der Waals surface area contributed by atoms with Crippen LogP contribution in [0.15, 0.2) is 18.2 Å². The molecular formula is C11H14N2O5S. The van der Waals surface area contributed by atoms with Crippen LogP contribution in [0.3, 0.4) is 0 Å². The number of rotatable bonds is 6. The minimum absolute atomic E-state index is 0.269. The lowest BCUT2D eigenvalue weighted by Gasteiger charge is -2.10. The molecule has 0 atom stereocenters. The molecule has 0 saturated heterocycles. The van der Waals surface area contributed by atoms with Crippen molar-refractivity contribution in [2.45, 2.75) is 13.3 Å². The number of hydrogen-bond donors (Lipinski definition) is 3. The Morgan fingerprint density at radius 3 is 2.47 bits per heavy atom. The van der Waals surface area contributed by atoms with Gasteiger partial charge >= 0.3 is 5.97 Å². The maximum atomic E-state index is 11.6. The van der Waals surface area contributed by atoms with E-state index in [0.29, 0.717) is 5.56 Å². The number of aryl methyl sites for hydroxylation is 1. The van der Waals surface area contributed by atoms with E-state index in [-0.39, 0.29) is 11.3 Å². The van der Waals surface area contributed by atoms with Crippen LogP contribution in [0.5, 0.6) is 0 Å². The number of benzene rings is 1. The quantitative estimate of drug-likeness (QED) is 0.693. The Morgan fingerprint density at radius 2 is 2.00 bits per heavy atom. The third kappa shape index (κ3) is 4.59. The highest BCUT2D eigenvalue weighted by molar-refractivity contribution is 7.92. The van der Waals surface area contributed by atoms with Crippen molar-refractivity contribution in [3.8, 4) is 0 Å². The summed E-state index contributed by atoms with van der Waals surface area (Å²) in [7, 11) is -3.73. The van der Waals surface area contributed by atoms with Gasteiger partial charge in [0, 0.05) is 5.56 Å². The molecule has 0 fully saturated rings. The number of carbonyl (C=O) groups excluding carboxylic acids is 1. The first-order valence-electron chi connectivity index (χ1n) is 5.34. The molecule has 8 heteroatoms. The first kappa shape index (κ1) is 15.0. The van der Waals surface area contributed by atoms with Gasteiger partial charge in [0.15, 0.2) is 0 Å². The van der Waals surface area contributed by atoms with E-state index in [1.807, 2.05) is 0 Å². The minimum Gasteiger partial charge on any atom is -0.481 e. The van der Waals surface area contributed by atoms with Gasteiger partial charge in [-0.15, -0.1) is 0 Å². The van der Waals surface area contributed by atoms with E-state index in [9.17, 15) is 18.0 Å². The zero-order chi connectivity index (χ0) is 14.6. The van der Waals surface area contributed by atoms with Crippen LogP contribution in [0.4, 0.5) is 5.69 Å². The van der Waals surface area contributed by atoms with Gasteiger partial charge in [0.05, 0.1) is 17.9 Å². The molecule has 1 aromatic rings. The van der Waals surface area contributed by atoms with Gasteiger partial charge in [-0.05, 0) is 30.7 Å². The summed E-state index contributed by atoms with van der Waals surface area (Å²) in [5.41, 5.74) is 6.18. The highest BCUT2D eigenvalue weighted by atomic mass is 32.2. The molecule has 0 aromatic heterocycles. The Labute approximate surface area is 110 Å². The number of anilines is 1. The number of carbonyl (C=O) groups is 2. The summed E-state index contributed by atoms with van der Waals surface area (Å²) in [6.45, 7) is 1.61.